The van der Waals surface area contributed by atoms with Crippen LogP contribution in [0.1, 0.15) is 11.1 Å². The Hall–Kier alpha value is -3.32. The van der Waals surface area contributed by atoms with Crippen LogP contribution >= 0.6 is 11.8 Å². The lowest BCUT2D eigenvalue weighted by Gasteiger charge is -2.09. The molecule has 5 aromatic rings. The van der Waals surface area contributed by atoms with Crippen molar-refractivity contribution in [3.63, 3.8) is 0 Å². The summed E-state index contributed by atoms with van der Waals surface area (Å²) in [5.74, 6) is 1.40. The van der Waals surface area contributed by atoms with Crippen molar-refractivity contribution in [3.05, 3.63) is 76.1 Å². The number of thioether (sulfide) groups is 1. The number of fused-ring (bicyclic) bond motifs is 4. The van der Waals surface area contributed by atoms with E-state index in [2.05, 4.69) is 25.6 Å². The third-order valence-corrected chi connectivity index (χ3v) is 6.01. The van der Waals surface area contributed by atoms with Crippen LogP contribution in [0, 0.1) is 6.92 Å². The summed E-state index contributed by atoms with van der Waals surface area (Å²) in [5.41, 5.74) is 4.59. The number of ether oxygens (including phenoxy) is 1. The van der Waals surface area contributed by atoms with Crippen LogP contribution in [0.4, 0.5) is 0 Å². The van der Waals surface area contributed by atoms with Crippen molar-refractivity contribution in [2.45, 2.75) is 17.8 Å². The minimum Gasteiger partial charge on any atom is -0.497 e. The molecule has 0 spiro atoms. The van der Waals surface area contributed by atoms with E-state index in [0.29, 0.717) is 5.75 Å². The van der Waals surface area contributed by atoms with Gasteiger partial charge in [0.05, 0.1) is 12.6 Å². The largest absolute Gasteiger partial charge is 0.497 e. The Labute approximate surface area is 170 Å². The first-order valence-electron chi connectivity index (χ1n) is 9.20. The molecule has 0 aliphatic rings. The van der Waals surface area contributed by atoms with Gasteiger partial charge in [-0.05, 0) is 47.7 Å². The summed E-state index contributed by atoms with van der Waals surface area (Å²) in [6.07, 6.45) is 0. The first kappa shape index (κ1) is 17.8. The molecule has 2 aromatic carbocycles. The smallest absolute Gasteiger partial charge is 0.248 e. The Bertz CT molecular complexity index is 1440. The Morgan fingerprint density at radius 2 is 1.97 bits per heavy atom. The molecule has 0 bridgehead atoms. The van der Waals surface area contributed by atoms with E-state index in [1.54, 1.807) is 24.9 Å². The molecule has 0 fully saturated rings. The molecule has 144 valence electrons. The van der Waals surface area contributed by atoms with Gasteiger partial charge in [0, 0.05) is 28.8 Å². The van der Waals surface area contributed by atoms with E-state index in [0.717, 1.165) is 49.5 Å². The fraction of sp³-hybridized carbons (Fsp3) is 0.136. The second-order valence-electron chi connectivity index (χ2n) is 6.89. The van der Waals surface area contributed by atoms with Gasteiger partial charge in [0.15, 0.2) is 10.8 Å². The molecule has 5 rings (SSSR count). The zero-order valence-electron chi connectivity index (χ0n) is 16.0. The number of para-hydroxylation sites is 1. The van der Waals surface area contributed by atoms with Crippen LogP contribution in [0.25, 0.3) is 27.5 Å². The second kappa shape index (κ2) is 6.93. The first-order valence-corrected chi connectivity index (χ1v) is 10.2. The molecule has 0 atom stereocenters. The average Bonchev–Trinajstić information content (AvgIpc) is 3.17. The average molecular weight is 402 g/mol. The molecule has 3 aromatic heterocycles. The van der Waals surface area contributed by atoms with Crippen molar-refractivity contribution in [2.24, 2.45) is 0 Å². The third kappa shape index (κ3) is 3.03. The fourth-order valence-electron chi connectivity index (χ4n) is 3.64. The number of methoxy groups -OCH3 is 1. The number of nitrogens with one attached hydrogen (secondary N) is 1. The maximum Gasteiger partial charge on any atom is 0.248 e. The topological polar surface area (TPSA) is 72.3 Å². The molecule has 0 radical (unpaired) electrons. The SMILES string of the molecule is COc1ccc2cc(C)c3nnc(SCc4cc(=O)[nH]c5ccccc45)n3c2c1. The van der Waals surface area contributed by atoms with Gasteiger partial charge in [0.2, 0.25) is 5.56 Å². The quantitative estimate of drug-likeness (QED) is 0.453. The van der Waals surface area contributed by atoms with E-state index in [1.165, 1.54) is 0 Å². The van der Waals surface area contributed by atoms with Crippen molar-refractivity contribution in [1.82, 2.24) is 19.6 Å². The summed E-state index contributed by atoms with van der Waals surface area (Å²) in [6.45, 7) is 2.03. The molecule has 3 heterocycles. The van der Waals surface area contributed by atoms with Gasteiger partial charge in [0.25, 0.3) is 0 Å². The fourth-order valence-corrected chi connectivity index (χ4v) is 4.57. The number of hydrogen-bond donors (Lipinski definition) is 1. The van der Waals surface area contributed by atoms with Gasteiger partial charge in [-0.3, -0.25) is 9.20 Å². The van der Waals surface area contributed by atoms with Crippen LogP contribution in [-0.4, -0.2) is 26.7 Å². The minimum absolute atomic E-state index is 0.101. The lowest BCUT2D eigenvalue weighted by atomic mass is 10.1. The molecule has 0 amide bonds. The van der Waals surface area contributed by atoms with E-state index in [4.69, 9.17) is 4.74 Å². The van der Waals surface area contributed by atoms with Crippen LogP contribution < -0.4 is 10.3 Å². The number of nitrogens with zero attached hydrogens (tertiary/aromatic N) is 3. The number of aromatic amines is 1. The maximum absolute atomic E-state index is 12.1. The van der Waals surface area contributed by atoms with Crippen LogP contribution in [0.3, 0.4) is 0 Å². The van der Waals surface area contributed by atoms with Crippen LogP contribution in [0.2, 0.25) is 0 Å². The number of H-pyrrole nitrogens is 1. The predicted molar refractivity (Wildman–Crippen MR) is 116 cm³/mol. The molecule has 0 unspecified atom stereocenters. The predicted octanol–water partition coefficient (Wildman–Crippen LogP) is 4.33. The lowest BCUT2D eigenvalue weighted by Crippen LogP contribution is -2.06. The molecule has 7 heteroatoms. The van der Waals surface area contributed by atoms with Crippen molar-refractivity contribution in [1.29, 1.82) is 0 Å². The third-order valence-electron chi connectivity index (χ3n) is 5.03. The molecule has 1 N–H and O–H groups in total. The normalized spacial score (nSPS) is 11.5. The lowest BCUT2D eigenvalue weighted by molar-refractivity contribution is 0.415. The van der Waals surface area contributed by atoms with Gasteiger partial charge in [-0.2, -0.15) is 0 Å². The van der Waals surface area contributed by atoms with Gasteiger partial charge < -0.3 is 9.72 Å². The molecule has 29 heavy (non-hydrogen) atoms. The van der Waals surface area contributed by atoms with Gasteiger partial charge in [-0.15, -0.1) is 10.2 Å². The summed E-state index contributed by atoms with van der Waals surface area (Å²) in [6, 6.07) is 17.6. The highest BCUT2D eigenvalue weighted by Gasteiger charge is 2.14. The number of hydrogen-bond acceptors (Lipinski definition) is 5. The van der Waals surface area contributed by atoms with E-state index < -0.39 is 0 Å². The highest BCUT2D eigenvalue weighted by Crippen LogP contribution is 2.30. The van der Waals surface area contributed by atoms with Crippen molar-refractivity contribution in [2.75, 3.05) is 7.11 Å². The van der Waals surface area contributed by atoms with E-state index >= 15 is 0 Å². The second-order valence-corrected chi connectivity index (χ2v) is 7.83. The van der Waals surface area contributed by atoms with Crippen LogP contribution in [-0.2, 0) is 5.75 Å². The minimum atomic E-state index is -0.101. The standard InChI is InChI=1S/C22H18N4O2S/c1-13-9-14-7-8-16(28-2)11-19(14)26-21(13)24-25-22(26)29-12-15-10-20(27)23-18-6-4-3-5-17(15)18/h3-11H,12H2,1-2H3,(H,23,27). The van der Waals surface area contributed by atoms with Crippen molar-refractivity contribution in [3.8, 4) is 5.75 Å². The summed E-state index contributed by atoms with van der Waals surface area (Å²) in [5, 5.41) is 11.7. The number of pyridine rings is 2. The van der Waals surface area contributed by atoms with Crippen molar-refractivity contribution < 1.29 is 4.74 Å². The van der Waals surface area contributed by atoms with E-state index in [-0.39, 0.29) is 5.56 Å². The number of rotatable bonds is 4. The highest BCUT2D eigenvalue weighted by atomic mass is 32.2. The van der Waals surface area contributed by atoms with Crippen molar-refractivity contribution >= 4 is 39.2 Å². The maximum atomic E-state index is 12.1. The van der Waals surface area contributed by atoms with Gasteiger partial charge in [0.1, 0.15) is 5.75 Å². The Balaban J connectivity index is 1.62. The van der Waals surface area contributed by atoms with Gasteiger partial charge in [-0.1, -0.05) is 30.0 Å². The monoisotopic (exact) mass is 402 g/mol. The number of aromatic nitrogens is 4. The van der Waals surface area contributed by atoms with Gasteiger partial charge >= 0.3 is 0 Å². The zero-order valence-corrected chi connectivity index (χ0v) is 16.8. The van der Waals surface area contributed by atoms with E-state index in [1.807, 2.05) is 49.4 Å². The molecule has 0 aliphatic carbocycles. The van der Waals surface area contributed by atoms with Crippen LogP contribution in [0.5, 0.6) is 5.75 Å². The first-order chi connectivity index (χ1) is 14.1. The Morgan fingerprint density at radius 3 is 2.83 bits per heavy atom. The zero-order chi connectivity index (χ0) is 20.0. The van der Waals surface area contributed by atoms with E-state index in [9.17, 15) is 4.79 Å². The molecule has 0 saturated heterocycles. The van der Waals surface area contributed by atoms with Gasteiger partial charge in [-0.25, -0.2) is 0 Å². The molecule has 0 aliphatic heterocycles. The Morgan fingerprint density at radius 1 is 1.10 bits per heavy atom. The van der Waals surface area contributed by atoms with Crippen LogP contribution in [0.15, 0.2) is 64.5 Å². The molecule has 0 saturated carbocycles. The number of benzene rings is 2. The summed E-state index contributed by atoms with van der Waals surface area (Å²) < 4.78 is 7.47. The number of aryl methyl sites for hydroxylation is 1. The molecule has 6 nitrogen and oxygen atoms in total. The summed E-state index contributed by atoms with van der Waals surface area (Å²) >= 11 is 1.57. The molecular weight excluding hydrogens is 384 g/mol. The summed E-state index contributed by atoms with van der Waals surface area (Å²) in [4.78, 5) is 14.9. The highest BCUT2D eigenvalue weighted by molar-refractivity contribution is 7.98. The Kier molecular flexibility index (Phi) is 4.24. The summed E-state index contributed by atoms with van der Waals surface area (Å²) in [7, 11) is 1.66. The molecular formula is C22H18N4O2S.